The third-order valence-corrected chi connectivity index (χ3v) is 2.03. The van der Waals surface area contributed by atoms with Gasteiger partial charge in [-0.25, -0.2) is 0 Å². The van der Waals surface area contributed by atoms with Crippen molar-refractivity contribution in [1.82, 2.24) is 0 Å². The van der Waals surface area contributed by atoms with Gasteiger partial charge in [-0.05, 0) is 11.6 Å². The number of rotatable bonds is 3. The maximum atomic E-state index is 12.2. The van der Waals surface area contributed by atoms with Gasteiger partial charge in [0.05, 0.1) is 12.0 Å². The highest BCUT2D eigenvalue weighted by Crippen LogP contribution is 2.36. The van der Waals surface area contributed by atoms with Crippen molar-refractivity contribution in [1.29, 1.82) is 0 Å². The van der Waals surface area contributed by atoms with Crippen LogP contribution in [0.3, 0.4) is 0 Å². The number of benzene rings is 1. The molecule has 1 atom stereocenters. The summed E-state index contributed by atoms with van der Waals surface area (Å²) in [4.78, 5) is 9.68. The number of hydrogen-bond donors (Lipinski definition) is 1. The van der Waals surface area contributed by atoms with Crippen molar-refractivity contribution >= 4 is 5.69 Å². The van der Waals surface area contributed by atoms with Crippen LogP contribution in [0.2, 0.25) is 0 Å². The minimum Gasteiger partial charge on any atom is -0.490 e. The number of nitro groups is 1. The number of nitro benzene ring substituents is 1. The van der Waals surface area contributed by atoms with Crippen LogP contribution in [0.1, 0.15) is 11.7 Å². The van der Waals surface area contributed by atoms with Crippen LogP contribution in [0, 0.1) is 10.1 Å². The molecule has 94 valence electrons. The second-order valence-corrected chi connectivity index (χ2v) is 3.13. The van der Waals surface area contributed by atoms with Crippen molar-refractivity contribution in [2.75, 3.05) is 7.11 Å². The van der Waals surface area contributed by atoms with E-state index < -0.39 is 28.5 Å². The van der Waals surface area contributed by atoms with Crippen LogP contribution in [0.5, 0.6) is 5.75 Å². The Hall–Kier alpha value is -1.83. The van der Waals surface area contributed by atoms with Crippen LogP contribution in [0.15, 0.2) is 18.2 Å². The average molecular weight is 251 g/mol. The predicted octanol–water partition coefficient (Wildman–Crippen LogP) is 2.20. The van der Waals surface area contributed by atoms with Crippen LogP contribution in [0.25, 0.3) is 0 Å². The van der Waals surface area contributed by atoms with Crippen LogP contribution < -0.4 is 4.74 Å². The van der Waals surface area contributed by atoms with Crippen LogP contribution in [-0.4, -0.2) is 23.3 Å². The van der Waals surface area contributed by atoms with Gasteiger partial charge in [-0.3, -0.25) is 10.1 Å². The second-order valence-electron chi connectivity index (χ2n) is 3.13. The predicted molar refractivity (Wildman–Crippen MR) is 50.7 cm³/mol. The first-order chi connectivity index (χ1) is 7.77. The number of aliphatic hydroxyl groups is 1. The monoisotopic (exact) mass is 251 g/mol. The minimum absolute atomic E-state index is 0.173. The first-order valence-electron chi connectivity index (χ1n) is 4.34. The maximum Gasteiger partial charge on any atom is 0.418 e. The summed E-state index contributed by atoms with van der Waals surface area (Å²) in [6.07, 6.45) is -7.63. The first-order valence-corrected chi connectivity index (χ1v) is 4.34. The molecule has 0 spiro atoms. The molecule has 0 saturated heterocycles. The van der Waals surface area contributed by atoms with Gasteiger partial charge in [0.15, 0.2) is 11.9 Å². The van der Waals surface area contributed by atoms with E-state index in [0.717, 1.165) is 19.2 Å². The summed E-state index contributed by atoms with van der Waals surface area (Å²) in [6.45, 7) is 0. The van der Waals surface area contributed by atoms with E-state index in [1.165, 1.54) is 0 Å². The third kappa shape index (κ3) is 2.84. The molecule has 5 nitrogen and oxygen atoms in total. The van der Waals surface area contributed by atoms with Crippen molar-refractivity contribution in [3.8, 4) is 5.75 Å². The molecule has 0 bridgehead atoms. The van der Waals surface area contributed by atoms with Crippen molar-refractivity contribution in [3.63, 3.8) is 0 Å². The lowest BCUT2D eigenvalue weighted by Gasteiger charge is -2.14. The molecule has 0 radical (unpaired) electrons. The second kappa shape index (κ2) is 4.58. The summed E-state index contributed by atoms with van der Waals surface area (Å²) in [5.74, 6) is -0.173. The summed E-state index contributed by atoms with van der Waals surface area (Å²) >= 11 is 0. The lowest BCUT2D eigenvalue weighted by molar-refractivity contribution is -0.385. The van der Waals surface area contributed by atoms with Crippen molar-refractivity contribution in [3.05, 3.63) is 33.9 Å². The molecule has 0 aromatic heterocycles. The van der Waals surface area contributed by atoms with E-state index in [1.54, 1.807) is 0 Å². The Labute approximate surface area is 93.6 Å². The molecule has 1 rings (SSSR count). The van der Waals surface area contributed by atoms with E-state index >= 15 is 0 Å². The van der Waals surface area contributed by atoms with E-state index in [9.17, 15) is 23.3 Å². The van der Waals surface area contributed by atoms with Gasteiger partial charge in [-0.15, -0.1) is 0 Å². The van der Waals surface area contributed by atoms with Crippen molar-refractivity contribution in [2.45, 2.75) is 12.3 Å². The molecule has 0 aliphatic carbocycles. The zero-order chi connectivity index (χ0) is 13.2. The smallest absolute Gasteiger partial charge is 0.418 e. The number of alkyl halides is 3. The first kappa shape index (κ1) is 13.2. The highest BCUT2D eigenvalue weighted by atomic mass is 19.4. The van der Waals surface area contributed by atoms with E-state index in [-0.39, 0.29) is 5.75 Å². The van der Waals surface area contributed by atoms with E-state index in [1.807, 2.05) is 0 Å². The maximum absolute atomic E-state index is 12.2. The van der Waals surface area contributed by atoms with E-state index in [4.69, 9.17) is 5.11 Å². The molecule has 0 aliphatic rings. The Morgan fingerprint density at radius 1 is 1.47 bits per heavy atom. The standard InChI is InChI=1S/C9H8F3NO4/c1-17-7-3-2-5(4-6(7)13(15)16)8(14)9(10,11)12/h2-4,8,14H,1H3. The fourth-order valence-electron chi connectivity index (χ4n) is 1.21. The Balaban J connectivity index is 3.21. The zero-order valence-electron chi connectivity index (χ0n) is 8.56. The number of aliphatic hydroxyl groups excluding tert-OH is 1. The molecule has 0 amide bonds. The van der Waals surface area contributed by atoms with Crippen LogP contribution in [0.4, 0.5) is 18.9 Å². The van der Waals surface area contributed by atoms with Gasteiger partial charge in [0, 0.05) is 6.07 Å². The van der Waals surface area contributed by atoms with E-state index in [2.05, 4.69) is 4.74 Å². The molecule has 0 saturated carbocycles. The molecular formula is C9H8F3NO4. The number of methoxy groups -OCH3 is 1. The van der Waals surface area contributed by atoms with E-state index in [0.29, 0.717) is 6.07 Å². The largest absolute Gasteiger partial charge is 0.490 e. The minimum atomic E-state index is -4.87. The Bertz CT molecular complexity index is 433. The summed E-state index contributed by atoms with van der Waals surface area (Å²) in [6, 6.07) is 2.56. The highest BCUT2D eigenvalue weighted by Gasteiger charge is 2.40. The normalized spacial score (nSPS) is 13.2. The lowest BCUT2D eigenvalue weighted by Crippen LogP contribution is -2.20. The molecule has 0 fully saturated rings. The highest BCUT2D eigenvalue weighted by molar-refractivity contribution is 5.49. The summed E-state index contributed by atoms with van der Waals surface area (Å²) in [5.41, 5.74) is -1.24. The fourth-order valence-corrected chi connectivity index (χ4v) is 1.21. The van der Waals surface area contributed by atoms with Gasteiger partial charge < -0.3 is 9.84 Å². The number of nitrogens with zero attached hydrogens (tertiary/aromatic N) is 1. The average Bonchev–Trinajstić information content (AvgIpc) is 2.25. The summed E-state index contributed by atoms with van der Waals surface area (Å²) < 4.78 is 41.2. The fraction of sp³-hybridized carbons (Fsp3) is 0.333. The summed E-state index contributed by atoms with van der Waals surface area (Å²) in [7, 11) is 1.15. The molecule has 1 aromatic rings. The molecular weight excluding hydrogens is 243 g/mol. The molecule has 1 aromatic carbocycles. The zero-order valence-corrected chi connectivity index (χ0v) is 8.56. The molecule has 0 heterocycles. The Kier molecular flexibility index (Phi) is 3.56. The van der Waals surface area contributed by atoms with Gasteiger partial charge in [0.25, 0.3) is 0 Å². The third-order valence-electron chi connectivity index (χ3n) is 2.03. The Morgan fingerprint density at radius 2 is 2.06 bits per heavy atom. The van der Waals surface area contributed by atoms with Gasteiger partial charge in [0.1, 0.15) is 0 Å². The quantitative estimate of drug-likeness (QED) is 0.660. The molecule has 0 aliphatic heterocycles. The topological polar surface area (TPSA) is 72.6 Å². The van der Waals surface area contributed by atoms with Gasteiger partial charge in [0.2, 0.25) is 0 Å². The molecule has 1 unspecified atom stereocenters. The van der Waals surface area contributed by atoms with Crippen LogP contribution in [-0.2, 0) is 0 Å². The lowest BCUT2D eigenvalue weighted by atomic mass is 10.1. The number of ether oxygens (including phenoxy) is 1. The SMILES string of the molecule is COc1ccc(C(O)C(F)(F)F)cc1[N+](=O)[O-]. The van der Waals surface area contributed by atoms with Crippen molar-refractivity contribution in [2.24, 2.45) is 0 Å². The summed E-state index contributed by atoms with van der Waals surface area (Å²) in [5, 5.41) is 19.5. The Morgan fingerprint density at radius 3 is 2.47 bits per heavy atom. The van der Waals surface area contributed by atoms with Gasteiger partial charge >= 0.3 is 11.9 Å². The van der Waals surface area contributed by atoms with Crippen molar-refractivity contribution < 1.29 is 27.9 Å². The van der Waals surface area contributed by atoms with Crippen LogP contribution >= 0.6 is 0 Å². The molecule has 8 heteroatoms. The van der Waals surface area contributed by atoms with Gasteiger partial charge in [-0.1, -0.05) is 6.07 Å². The number of halogens is 3. The van der Waals surface area contributed by atoms with Gasteiger partial charge in [-0.2, -0.15) is 13.2 Å². The number of hydrogen-bond acceptors (Lipinski definition) is 4. The molecule has 17 heavy (non-hydrogen) atoms. The molecule has 1 N–H and O–H groups in total.